The number of nitrogens with two attached hydrogens (primary N) is 1. The third kappa shape index (κ3) is 1.82. The molecule has 1 fully saturated rings. The predicted octanol–water partition coefficient (Wildman–Crippen LogP) is 0.757. The van der Waals surface area contributed by atoms with Gasteiger partial charge in [0.1, 0.15) is 0 Å². The number of rotatable bonds is 3. The number of hydrogen-bond donors (Lipinski definition) is 1. The van der Waals surface area contributed by atoms with E-state index in [2.05, 4.69) is 0 Å². The van der Waals surface area contributed by atoms with Gasteiger partial charge in [0.25, 0.3) is 5.91 Å². The molecule has 18 heavy (non-hydrogen) atoms. The van der Waals surface area contributed by atoms with Crippen molar-refractivity contribution in [3.05, 3.63) is 35.4 Å². The van der Waals surface area contributed by atoms with Crippen molar-refractivity contribution in [1.82, 2.24) is 4.90 Å². The van der Waals surface area contributed by atoms with E-state index in [1.165, 1.54) is 7.05 Å². The second-order valence-electron chi connectivity index (χ2n) is 4.49. The molecule has 1 saturated carbocycles. The molecule has 0 spiro atoms. The first-order valence-electron chi connectivity index (χ1n) is 5.59. The van der Waals surface area contributed by atoms with E-state index in [1.807, 2.05) is 0 Å². The van der Waals surface area contributed by atoms with Crippen LogP contribution in [0, 0.1) is 11.5 Å². The maximum Gasteiger partial charge on any atom is 0.266 e. The van der Waals surface area contributed by atoms with Gasteiger partial charge in [0, 0.05) is 12.6 Å². The largest absolute Gasteiger partial charge is 0.369 e. The van der Waals surface area contributed by atoms with Gasteiger partial charge in [-0.1, -0.05) is 12.1 Å². The van der Waals surface area contributed by atoms with Crippen LogP contribution >= 0.6 is 0 Å². The molecule has 2 N–H and O–H groups in total. The molecule has 1 aromatic rings. The Hall–Kier alpha value is -2.35. The van der Waals surface area contributed by atoms with Crippen LogP contribution in [0.4, 0.5) is 0 Å². The van der Waals surface area contributed by atoms with E-state index in [0.717, 1.165) is 10.5 Å². The van der Waals surface area contributed by atoms with Crippen molar-refractivity contribution in [3.8, 4) is 6.19 Å². The van der Waals surface area contributed by atoms with Crippen molar-refractivity contribution in [3.63, 3.8) is 0 Å². The van der Waals surface area contributed by atoms with Crippen LogP contribution < -0.4 is 5.73 Å². The second kappa shape index (κ2) is 4.15. The van der Waals surface area contributed by atoms with Gasteiger partial charge < -0.3 is 5.73 Å². The lowest BCUT2D eigenvalue weighted by Gasteiger charge is -2.13. The summed E-state index contributed by atoms with van der Waals surface area (Å²) in [7, 11) is 1.40. The molecule has 0 saturated heterocycles. The SMILES string of the molecule is CN(C#N)C(=O)c1cccc(C2(C(N)=O)CC2)c1. The van der Waals surface area contributed by atoms with E-state index in [9.17, 15) is 9.59 Å². The van der Waals surface area contributed by atoms with Gasteiger partial charge >= 0.3 is 0 Å². The van der Waals surface area contributed by atoms with E-state index in [-0.39, 0.29) is 11.8 Å². The summed E-state index contributed by atoms with van der Waals surface area (Å²) in [4.78, 5) is 24.2. The van der Waals surface area contributed by atoms with Crippen molar-refractivity contribution in [1.29, 1.82) is 5.26 Å². The van der Waals surface area contributed by atoms with E-state index in [0.29, 0.717) is 18.4 Å². The zero-order valence-corrected chi connectivity index (χ0v) is 10.0. The zero-order chi connectivity index (χ0) is 13.3. The number of hydrogen-bond acceptors (Lipinski definition) is 3. The highest BCUT2D eigenvalue weighted by Gasteiger charge is 2.50. The van der Waals surface area contributed by atoms with Gasteiger partial charge in [0.15, 0.2) is 6.19 Å². The van der Waals surface area contributed by atoms with Gasteiger partial charge in [0.2, 0.25) is 5.91 Å². The molecule has 5 heteroatoms. The predicted molar refractivity (Wildman–Crippen MR) is 64.3 cm³/mol. The molecular weight excluding hydrogens is 230 g/mol. The third-order valence-electron chi connectivity index (χ3n) is 3.34. The van der Waals surface area contributed by atoms with Gasteiger partial charge in [-0.2, -0.15) is 5.26 Å². The second-order valence-corrected chi connectivity index (χ2v) is 4.49. The minimum atomic E-state index is -0.610. The van der Waals surface area contributed by atoms with Gasteiger partial charge in [-0.25, -0.2) is 4.90 Å². The van der Waals surface area contributed by atoms with Crippen LogP contribution in [0.15, 0.2) is 24.3 Å². The Labute approximate surface area is 105 Å². The van der Waals surface area contributed by atoms with E-state index in [4.69, 9.17) is 11.0 Å². The first kappa shape index (κ1) is 12.1. The molecule has 0 unspecified atom stereocenters. The Balaban J connectivity index is 2.35. The van der Waals surface area contributed by atoms with Crippen LogP contribution in [0.3, 0.4) is 0 Å². The van der Waals surface area contributed by atoms with E-state index in [1.54, 1.807) is 30.5 Å². The number of primary amides is 1. The van der Waals surface area contributed by atoms with Crippen LogP contribution in [0.1, 0.15) is 28.8 Å². The summed E-state index contributed by atoms with van der Waals surface area (Å²) < 4.78 is 0. The molecule has 2 rings (SSSR count). The Bertz CT molecular complexity index is 556. The Morgan fingerprint density at radius 3 is 2.61 bits per heavy atom. The molecule has 0 bridgehead atoms. The minimum Gasteiger partial charge on any atom is -0.369 e. The highest BCUT2D eigenvalue weighted by Crippen LogP contribution is 2.48. The molecule has 1 aliphatic carbocycles. The van der Waals surface area contributed by atoms with Crippen molar-refractivity contribution in [2.75, 3.05) is 7.05 Å². The lowest BCUT2D eigenvalue weighted by molar-refractivity contribution is -0.120. The molecule has 0 aromatic heterocycles. The molecule has 0 aliphatic heterocycles. The number of amides is 2. The maximum atomic E-state index is 11.8. The smallest absolute Gasteiger partial charge is 0.266 e. The standard InChI is InChI=1S/C13H13N3O2/c1-16(8-14)11(17)9-3-2-4-10(7-9)13(5-6-13)12(15)18/h2-4,7H,5-6H2,1H3,(H2,15,18). The fourth-order valence-electron chi connectivity index (χ4n) is 1.99. The number of nitrogens with zero attached hydrogens (tertiary/aromatic N) is 2. The van der Waals surface area contributed by atoms with Crippen molar-refractivity contribution in [2.45, 2.75) is 18.3 Å². The highest BCUT2D eigenvalue weighted by molar-refractivity contribution is 5.96. The topological polar surface area (TPSA) is 87.2 Å². The quantitative estimate of drug-likeness (QED) is 0.628. The zero-order valence-electron chi connectivity index (χ0n) is 10.0. The fraction of sp³-hybridized carbons (Fsp3) is 0.308. The summed E-state index contributed by atoms with van der Waals surface area (Å²) in [6, 6.07) is 6.77. The van der Waals surface area contributed by atoms with E-state index >= 15 is 0 Å². The van der Waals surface area contributed by atoms with Crippen molar-refractivity contribution >= 4 is 11.8 Å². The Morgan fingerprint density at radius 1 is 1.44 bits per heavy atom. The molecule has 1 aromatic carbocycles. The normalized spacial score (nSPS) is 15.6. The average molecular weight is 243 g/mol. The Morgan fingerprint density at radius 2 is 2.11 bits per heavy atom. The molecule has 1 aliphatic rings. The summed E-state index contributed by atoms with van der Waals surface area (Å²) in [6.07, 6.45) is 3.18. The minimum absolute atomic E-state index is 0.360. The van der Waals surface area contributed by atoms with Crippen molar-refractivity contribution < 1.29 is 9.59 Å². The fourth-order valence-corrected chi connectivity index (χ4v) is 1.99. The Kier molecular flexibility index (Phi) is 2.79. The summed E-state index contributed by atoms with van der Waals surface area (Å²) >= 11 is 0. The maximum absolute atomic E-state index is 11.8. The van der Waals surface area contributed by atoms with E-state index < -0.39 is 5.41 Å². The molecule has 0 atom stereocenters. The molecule has 5 nitrogen and oxygen atoms in total. The van der Waals surface area contributed by atoms with Gasteiger partial charge in [-0.05, 0) is 30.5 Å². The third-order valence-corrected chi connectivity index (χ3v) is 3.34. The van der Waals surface area contributed by atoms with Gasteiger partial charge in [-0.3, -0.25) is 9.59 Å². The van der Waals surface area contributed by atoms with Crippen LogP contribution in [0.25, 0.3) is 0 Å². The first-order valence-corrected chi connectivity index (χ1v) is 5.59. The molecule has 92 valence electrons. The summed E-state index contributed by atoms with van der Waals surface area (Å²) in [6.45, 7) is 0. The first-order chi connectivity index (χ1) is 8.51. The van der Waals surface area contributed by atoms with Crippen LogP contribution in [0.2, 0.25) is 0 Å². The molecule has 2 amide bonds. The number of carbonyl (C=O) groups excluding carboxylic acids is 2. The number of carbonyl (C=O) groups is 2. The lowest BCUT2D eigenvalue weighted by atomic mass is 9.93. The average Bonchev–Trinajstić information content (AvgIpc) is 3.18. The van der Waals surface area contributed by atoms with Crippen LogP contribution in [0.5, 0.6) is 0 Å². The lowest BCUT2D eigenvalue weighted by Crippen LogP contribution is -2.29. The summed E-state index contributed by atoms with van der Waals surface area (Å²) in [5.41, 5.74) is 5.93. The number of benzene rings is 1. The number of nitriles is 1. The molecule has 0 radical (unpaired) electrons. The van der Waals surface area contributed by atoms with Crippen molar-refractivity contribution in [2.24, 2.45) is 5.73 Å². The van der Waals surface area contributed by atoms with Gasteiger partial charge in [-0.15, -0.1) is 0 Å². The molecule has 0 heterocycles. The van der Waals surface area contributed by atoms with Crippen LogP contribution in [-0.2, 0) is 10.2 Å². The molecular formula is C13H13N3O2. The highest BCUT2D eigenvalue weighted by atomic mass is 16.2. The van der Waals surface area contributed by atoms with Crippen LogP contribution in [-0.4, -0.2) is 23.8 Å². The summed E-state index contributed by atoms with van der Waals surface area (Å²) in [5, 5.41) is 8.68. The van der Waals surface area contributed by atoms with Gasteiger partial charge in [0.05, 0.1) is 5.41 Å². The summed E-state index contributed by atoms with van der Waals surface area (Å²) in [5.74, 6) is -0.750. The monoisotopic (exact) mass is 243 g/mol.